The molecule has 0 N–H and O–H groups in total. The van der Waals surface area contributed by atoms with Crippen LogP contribution in [0.5, 0.6) is 0 Å². The van der Waals surface area contributed by atoms with E-state index < -0.39 is 0 Å². The summed E-state index contributed by atoms with van der Waals surface area (Å²) in [5.41, 5.74) is 8.23. The zero-order valence-corrected chi connectivity index (χ0v) is 7.85. The molecule has 1 fully saturated rings. The van der Waals surface area contributed by atoms with Crippen LogP contribution < -0.4 is 0 Å². The molecule has 1 saturated carbocycles. The van der Waals surface area contributed by atoms with Gasteiger partial charge in [-0.1, -0.05) is 5.11 Å². The highest BCUT2D eigenvalue weighted by Crippen LogP contribution is 2.34. The first-order valence-electron chi connectivity index (χ1n) is 3.50. The van der Waals surface area contributed by atoms with Crippen molar-refractivity contribution in [1.29, 1.82) is 0 Å². The fourth-order valence-corrected chi connectivity index (χ4v) is 2.93. The number of rotatable bonds is 2. The first-order chi connectivity index (χ1) is 5.29. The molecule has 11 heavy (non-hydrogen) atoms. The molecule has 0 bridgehead atoms. The molecule has 0 unspecified atom stereocenters. The smallest absolute Gasteiger partial charge is 0.0507 e. The van der Waals surface area contributed by atoms with Gasteiger partial charge in [0.25, 0.3) is 0 Å². The highest BCUT2D eigenvalue weighted by atomic mass is 35.5. The third kappa shape index (κ3) is 1.95. The third-order valence-corrected chi connectivity index (χ3v) is 3.77. The Morgan fingerprint density at radius 3 is 2.91 bits per heavy atom. The van der Waals surface area contributed by atoms with Crippen molar-refractivity contribution in [2.45, 2.75) is 29.5 Å². The summed E-state index contributed by atoms with van der Waals surface area (Å²) in [6.45, 7) is 0. The molecule has 0 saturated heterocycles. The lowest BCUT2D eigenvalue weighted by Gasteiger charge is -2.14. The van der Waals surface area contributed by atoms with Crippen molar-refractivity contribution in [3.63, 3.8) is 0 Å². The average Bonchev–Trinajstić information content (AvgIpc) is 2.33. The van der Waals surface area contributed by atoms with Crippen LogP contribution in [-0.4, -0.2) is 22.9 Å². The Hall–Kier alpha value is -0.0500. The molecule has 1 aliphatic rings. The summed E-state index contributed by atoms with van der Waals surface area (Å²) in [7, 11) is 0. The maximum Gasteiger partial charge on any atom is 0.0507 e. The van der Waals surface area contributed by atoms with Gasteiger partial charge in [0.05, 0.1) is 6.04 Å². The first kappa shape index (κ1) is 9.04. The Morgan fingerprint density at radius 2 is 2.36 bits per heavy atom. The fraction of sp³-hybridized carbons (Fsp3) is 1.00. The van der Waals surface area contributed by atoms with Gasteiger partial charge in [-0.25, -0.2) is 0 Å². The molecule has 0 amide bonds. The van der Waals surface area contributed by atoms with E-state index in [2.05, 4.69) is 10.0 Å². The highest BCUT2D eigenvalue weighted by Gasteiger charge is 2.33. The second-order valence-corrected chi connectivity index (χ2v) is 4.14. The van der Waals surface area contributed by atoms with E-state index in [1.807, 2.05) is 6.26 Å². The number of hydrogen-bond donors (Lipinski definition) is 0. The maximum atomic E-state index is 8.23. The molecule has 0 aliphatic heterocycles. The molecule has 1 aliphatic carbocycles. The van der Waals surface area contributed by atoms with Crippen molar-refractivity contribution in [3.05, 3.63) is 10.4 Å². The Morgan fingerprint density at radius 1 is 1.64 bits per heavy atom. The van der Waals surface area contributed by atoms with E-state index in [1.54, 1.807) is 11.8 Å². The zero-order valence-electron chi connectivity index (χ0n) is 6.27. The van der Waals surface area contributed by atoms with E-state index in [4.69, 9.17) is 17.1 Å². The van der Waals surface area contributed by atoms with E-state index in [0.29, 0.717) is 5.25 Å². The molecule has 3 atom stereocenters. The number of halogens is 1. The zero-order chi connectivity index (χ0) is 8.27. The fourth-order valence-electron chi connectivity index (χ4n) is 1.39. The van der Waals surface area contributed by atoms with Crippen LogP contribution >= 0.6 is 23.4 Å². The molecule has 62 valence electrons. The number of nitrogens with zero attached hydrogens (tertiary/aromatic N) is 3. The Bertz CT molecular complexity index is 181. The number of azide groups is 1. The minimum Gasteiger partial charge on any atom is -0.160 e. The van der Waals surface area contributed by atoms with E-state index in [-0.39, 0.29) is 11.4 Å². The van der Waals surface area contributed by atoms with Crippen molar-refractivity contribution in [1.82, 2.24) is 0 Å². The van der Waals surface area contributed by atoms with Gasteiger partial charge in [-0.2, -0.15) is 11.8 Å². The molecule has 1 rings (SSSR count). The van der Waals surface area contributed by atoms with E-state index in [0.717, 1.165) is 12.8 Å². The Kier molecular flexibility index (Phi) is 3.37. The van der Waals surface area contributed by atoms with Gasteiger partial charge in [-0.15, -0.1) is 11.6 Å². The second-order valence-electron chi connectivity index (χ2n) is 2.57. The van der Waals surface area contributed by atoms with Gasteiger partial charge >= 0.3 is 0 Å². The van der Waals surface area contributed by atoms with Crippen LogP contribution in [0.4, 0.5) is 0 Å². The van der Waals surface area contributed by atoms with Gasteiger partial charge in [-0.3, -0.25) is 0 Å². The van der Waals surface area contributed by atoms with Gasteiger partial charge in [-0.05, 0) is 24.6 Å². The predicted octanol–water partition coefficient (Wildman–Crippen LogP) is 2.80. The van der Waals surface area contributed by atoms with Crippen LogP contribution in [0, 0.1) is 0 Å². The van der Waals surface area contributed by atoms with Crippen LogP contribution in [0.1, 0.15) is 12.8 Å². The molecule has 5 heteroatoms. The summed E-state index contributed by atoms with van der Waals surface area (Å²) in [5, 5.41) is 4.20. The minimum atomic E-state index is 0.109. The number of alkyl halides is 1. The van der Waals surface area contributed by atoms with Gasteiger partial charge in [0.2, 0.25) is 0 Å². The Labute approximate surface area is 75.1 Å². The third-order valence-electron chi connectivity index (χ3n) is 1.95. The van der Waals surface area contributed by atoms with Gasteiger partial charge in [0, 0.05) is 15.5 Å². The van der Waals surface area contributed by atoms with Crippen LogP contribution in [0.25, 0.3) is 10.4 Å². The van der Waals surface area contributed by atoms with Crippen molar-refractivity contribution < 1.29 is 0 Å². The molecule has 0 spiro atoms. The normalized spacial score (nSPS) is 36.7. The van der Waals surface area contributed by atoms with Crippen molar-refractivity contribution in [3.8, 4) is 0 Å². The predicted molar refractivity (Wildman–Crippen MR) is 49.1 cm³/mol. The molecule has 3 nitrogen and oxygen atoms in total. The van der Waals surface area contributed by atoms with Crippen LogP contribution in [0.3, 0.4) is 0 Å². The van der Waals surface area contributed by atoms with Gasteiger partial charge < -0.3 is 0 Å². The van der Waals surface area contributed by atoms with Crippen molar-refractivity contribution in [2.75, 3.05) is 6.26 Å². The maximum absolute atomic E-state index is 8.23. The SMILES string of the molecule is CS[C@@H]1[C@@H](Cl)CC[C@H]1N=[N+]=[N-]. The molecule has 0 radical (unpaired) electrons. The summed E-state index contributed by atoms with van der Waals surface area (Å²) in [4.78, 5) is 2.80. The van der Waals surface area contributed by atoms with E-state index >= 15 is 0 Å². The monoisotopic (exact) mass is 191 g/mol. The average molecular weight is 192 g/mol. The van der Waals surface area contributed by atoms with Crippen molar-refractivity contribution in [2.24, 2.45) is 5.11 Å². The number of thioether (sulfide) groups is 1. The molecule has 0 aromatic rings. The lowest BCUT2D eigenvalue weighted by atomic mass is 10.3. The molecule has 0 heterocycles. The lowest BCUT2D eigenvalue weighted by molar-refractivity contribution is 0.711. The van der Waals surface area contributed by atoms with Crippen molar-refractivity contribution >= 4 is 23.4 Å². The second kappa shape index (κ2) is 4.10. The van der Waals surface area contributed by atoms with Crippen LogP contribution in [-0.2, 0) is 0 Å². The largest absolute Gasteiger partial charge is 0.160 e. The highest BCUT2D eigenvalue weighted by molar-refractivity contribution is 7.99. The van der Waals surface area contributed by atoms with E-state index in [9.17, 15) is 0 Å². The van der Waals surface area contributed by atoms with Crippen LogP contribution in [0.15, 0.2) is 5.11 Å². The summed E-state index contributed by atoms with van der Waals surface area (Å²) in [6, 6.07) is 0.109. The lowest BCUT2D eigenvalue weighted by Crippen LogP contribution is -2.19. The standard InChI is InChI=1S/C6H10ClN3S/c1-11-6-4(7)2-3-5(6)9-10-8/h4-6H,2-3H2,1H3/t4-,5+,6+/m0/s1. The van der Waals surface area contributed by atoms with Gasteiger partial charge in [0.15, 0.2) is 0 Å². The first-order valence-corrected chi connectivity index (χ1v) is 5.23. The molecular weight excluding hydrogens is 182 g/mol. The van der Waals surface area contributed by atoms with E-state index in [1.165, 1.54) is 0 Å². The summed E-state index contributed by atoms with van der Waals surface area (Å²) >= 11 is 7.70. The summed E-state index contributed by atoms with van der Waals surface area (Å²) in [6.07, 6.45) is 3.91. The summed E-state index contributed by atoms with van der Waals surface area (Å²) < 4.78 is 0. The summed E-state index contributed by atoms with van der Waals surface area (Å²) in [5.74, 6) is 0. The molecular formula is C6H10ClN3S. The molecule has 0 aromatic heterocycles. The minimum absolute atomic E-state index is 0.109. The topological polar surface area (TPSA) is 48.8 Å². The quantitative estimate of drug-likeness (QED) is 0.287. The van der Waals surface area contributed by atoms with Crippen LogP contribution in [0.2, 0.25) is 0 Å². The van der Waals surface area contributed by atoms with Gasteiger partial charge in [0.1, 0.15) is 0 Å². The Balaban J connectivity index is 2.60. The number of hydrogen-bond acceptors (Lipinski definition) is 2. The molecule has 0 aromatic carbocycles.